The summed E-state index contributed by atoms with van der Waals surface area (Å²) in [6.45, 7) is 0. The number of hydrogen-bond acceptors (Lipinski definition) is 3. The van der Waals surface area contributed by atoms with Gasteiger partial charge in [-0.25, -0.2) is 0 Å². The molecule has 0 radical (unpaired) electrons. The van der Waals surface area contributed by atoms with Gasteiger partial charge in [0.1, 0.15) is 0 Å². The molecule has 0 aliphatic carbocycles. The van der Waals surface area contributed by atoms with Crippen molar-refractivity contribution in [1.29, 1.82) is 0 Å². The molecule has 76 valence electrons. The number of amides is 2. The van der Waals surface area contributed by atoms with E-state index in [1.54, 1.807) is 6.08 Å². The maximum Gasteiger partial charge on any atom is 0.290 e. The van der Waals surface area contributed by atoms with Crippen molar-refractivity contribution in [3.8, 4) is 0 Å². The van der Waals surface area contributed by atoms with E-state index in [2.05, 4.69) is 21.2 Å². The molecule has 5 heteroatoms. The van der Waals surface area contributed by atoms with Crippen molar-refractivity contribution in [2.75, 3.05) is 0 Å². The van der Waals surface area contributed by atoms with Crippen molar-refractivity contribution >= 4 is 44.9 Å². The molecule has 0 atom stereocenters. The molecular weight excluding hydrogens is 278 g/mol. The lowest BCUT2D eigenvalue weighted by Gasteiger charge is -1.94. The van der Waals surface area contributed by atoms with Crippen molar-refractivity contribution in [2.24, 2.45) is 0 Å². The first-order valence-electron chi connectivity index (χ1n) is 4.15. The Morgan fingerprint density at radius 3 is 2.40 bits per heavy atom. The molecule has 0 saturated carbocycles. The highest BCUT2D eigenvalue weighted by Crippen LogP contribution is 2.25. The van der Waals surface area contributed by atoms with Crippen LogP contribution in [-0.2, 0) is 4.79 Å². The Bertz CT molecular complexity index is 453. The minimum Gasteiger partial charge on any atom is -0.282 e. The van der Waals surface area contributed by atoms with E-state index in [0.717, 1.165) is 21.8 Å². The Morgan fingerprint density at radius 1 is 1.20 bits per heavy atom. The van der Waals surface area contributed by atoms with Crippen LogP contribution in [0.25, 0.3) is 6.08 Å². The number of imide groups is 1. The summed E-state index contributed by atoms with van der Waals surface area (Å²) in [6, 6.07) is 7.50. The molecule has 1 fully saturated rings. The van der Waals surface area contributed by atoms with Gasteiger partial charge in [0.2, 0.25) is 0 Å². The second kappa shape index (κ2) is 4.20. The SMILES string of the molecule is O=C1NC(=O)/C(=C/c2ccc(Br)cc2)S1. The fraction of sp³-hybridized carbons (Fsp3) is 0. The van der Waals surface area contributed by atoms with Crippen molar-refractivity contribution in [2.45, 2.75) is 0 Å². The lowest BCUT2D eigenvalue weighted by atomic mass is 10.2. The number of carbonyl (C=O) groups is 2. The first kappa shape index (κ1) is 10.4. The van der Waals surface area contributed by atoms with Gasteiger partial charge in [-0.05, 0) is 35.5 Å². The van der Waals surface area contributed by atoms with Gasteiger partial charge in [-0.15, -0.1) is 0 Å². The smallest absolute Gasteiger partial charge is 0.282 e. The molecule has 2 rings (SSSR count). The summed E-state index contributed by atoms with van der Waals surface area (Å²) in [4.78, 5) is 22.5. The molecule has 0 spiro atoms. The summed E-state index contributed by atoms with van der Waals surface area (Å²) < 4.78 is 0.976. The zero-order valence-electron chi connectivity index (χ0n) is 7.49. The Balaban J connectivity index is 2.27. The molecule has 0 unspecified atom stereocenters. The zero-order chi connectivity index (χ0) is 10.8. The molecule has 3 nitrogen and oxygen atoms in total. The van der Waals surface area contributed by atoms with Crippen LogP contribution in [0.3, 0.4) is 0 Å². The largest absolute Gasteiger partial charge is 0.290 e. The zero-order valence-corrected chi connectivity index (χ0v) is 9.89. The first-order chi connectivity index (χ1) is 7.15. The third-order valence-corrected chi connectivity index (χ3v) is 3.15. The first-order valence-corrected chi connectivity index (χ1v) is 5.76. The molecule has 1 heterocycles. The number of nitrogens with one attached hydrogen (secondary N) is 1. The molecule has 1 aromatic rings. The van der Waals surface area contributed by atoms with Crippen LogP contribution in [0.1, 0.15) is 5.56 Å². The van der Waals surface area contributed by atoms with Crippen molar-refractivity contribution in [3.05, 3.63) is 39.2 Å². The Kier molecular flexibility index (Phi) is 2.93. The fourth-order valence-corrected chi connectivity index (χ4v) is 2.08. The normalized spacial score (nSPS) is 18.3. The molecule has 2 amide bonds. The van der Waals surface area contributed by atoms with Gasteiger partial charge in [-0.1, -0.05) is 28.1 Å². The average Bonchev–Trinajstić information content (AvgIpc) is 2.49. The Morgan fingerprint density at radius 2 is 1.87 bits per heavy atom. The van der Waals surface area contributed by atoms with Gasteiger partial charge in [0.15, 0.2) is 0 Å². The van der Waals surface area contributed by atoms with E-state index in [1.165, 1.54) is 0 Å². The lowest BCUT2D eigenvalue weighted by molar-refractivity contribution is -0.115. The standard InChI is InChI=1S/C10H6BrNO2S/c11-7-3-1-6(2-4-7)5-8-9(13)12-10(14)15-8/h1-5H,(H,12,13,14)/b8-5-. The van der Waals surface area contributed by atoms with Crippen molar-refractivity contribution < 1.29 is 9.59 Å². The van der Waals surface area contributed by atoms with Gasteiger partial charge < -0.3 is 0 Å². The molecule has 1 saturated heterocycles. The van der Waals surface area contributed by atoms with Crippen LogP contribution in [0.2, 0.25) is 0 Å². The summed E-state index contributed by atoms with van der Waals surface area (Å²) >= 11 is 4.24. The van der Waals surface area contributed by atoms with Crippen LogP contribution in [0, 0.1) is 0 Å². The highest BCUT2D eigenvalue weighted by molar-refractivity contribution is 9.10. The van der Waals surface area contributed by atoms with Crippen LogP contribution in [-0.4, -0.2) is 11.1 Å². The van der Waals surface area contributed by atoms with Gasteiger partial charge in [-0.3, -0.25) is 14.9 Å². The van der Waals surface area contributed by atoms with Crippen LogP contribution < -0.4 is 5.32 Å². The second-order valence-corrected chi connectivity index (χ2v) is 4.83. The molecule has 1 aliphatic heterocycles. The van der Waals surface area contributed by atoms with E-state index >= 15 is 0 Å². The van der Waals surface area contributed by atoms with E-state index < -0.39 is 0 Å². The monoisotopic (exact) mass is 283 g/mol. The number of carbonyl (C=O) groups excluding carboxylic acids is 2. The van der Waals surface area contributed by atoms with Crippen LogP contribution >= 0.6 is 27.7 Å². The number of benzene rings is 1. The average molecular weight is 284 g/mol. The maximum atomic E-state index is 11.2. The van der Waals surface area contributed by atoms with Gasteiger partial charge >= 0.3 is 0 Å². The van der Waals surface area contributed by atoms with Crippen molar-refractivity contribution in [3.63, 3.8) is 0 Å². The third-order valence-electron chi connectivity index (χ3n) is 1.81. The van der Waals surface area contributed by atoms with Crippen LogP contribution in [0.4, 0.5) is 4.79 Å². The molecule has 0 bridgehead atoms. The summed E-state index contributed by atoms with van der Waals surface area (Å²) in [7, 11) is 0. The number of rotatable bonds is 1. The Labute approximate surface area is 99.1 Å². The predicted molar refractivity (Wildman–Crippen MR) is 63.2 cm³/mol. The number of halogens is 1. The van der Waals surface area contributed by atoms with E-state index in [0.29, 0.717) is 4.91 Å². The highest BCUT2D eigenvalue weighted by atomic mass is 79.9. The van der Waals surface area contributed by atoms with E-state index in [4.69, 9.17) is 0 Å². The summed E-state index contributed by atoms with van der Waals surface area (Å²) in [5.74, 6) is -0.326. The Hall–Kier alpha value is -1.07. The van der Waals surface area contributed by atoms with Crippen LogP contribution in [0.15, 0.2) is 33.6 Å². The molecule has 1 N–H and O–H groups in total. The molecule has 1 aliphatic rings. The minimum absolute atomic E-state index is 0.316. The van der Waals surface area contributed by atoms with Gasteiger partial charge in [0.05, 0.1) is 4.91 Å². The topological polar surface area (TPSA) is 46.2 Å². The van der Waals surface area contributed by atoms with Crippen LogP contribution in [0.5, 0.6) is 0 Å². The fourth-order valence-electron chi connectivity index (χ4n) is 1.13. The minimum atomic E-state index is -0.326. The highest BCUT2D eigenvalue weighted by Gasteiger charge is 2.24. The second-order valence-electron chi connectivity index (χ2n) is 2.90. The summed E-state index contributed by atoms with van der Waals surface area (Å²) in [5.41, 5.74) is 0.894. The van der Waals surface area contributed by atoms with Gasteiger partial charge in [0, 0.05) is 4.47 Å². The lowest BCUT2D eigenvalue weighted by Crippen LogP contribution is -2.17. The molecule has 0 aromatic heterocycles. The number of hydrogen-bond donors (Lipinski definition) is 1. The van der Waals surface area contributed by atoms with Gasteiger partial charge in [0.25, 0.3) is 11.1 Å². The van der Waals surface area contributed by atoms with E-state index in [1.807, 2.05) is 24.3 Å². The van der Waals surface area contributed by atoms with Gasteiger partial charge in [-0.2, -0.15) is 0 Å². The van der Waals surface area contributed by atoms with E-state index in [-0.39, 0.29) is 11.1 Å². The number of thioether (sulfide) groups is 1. The predicted octanol–water partition coefficient (Wildman–Crippen LogP) is 2.77. The maximum absolute atomic E-state index is 11.2. The third kappa shape index (κ3) is 2.49. The quantitative estimate of drug-likeness (QED) is 0.807. The van der Waals surface area contributed by atoms with Crippen molar-refractivity contribution in [1.82, 2.24) is 5.32 Å². The molecular formula is C10H6BrNO2S. The summed E-state index contributed by atoms with van der Waals surface area (Å²) in [5, 5.41) is 1.89. The molecule has 15 heavy (non-hydrogen) atoms. The molecule has 1 aromatic carbocycles. The van der Waals surface area contributed by atoms with E-state index in [9.17, 15) is 9.59 Å². The summed E-state index contributed by atoms with van der Waals surface area (Å²) in [6.07, 6.45) is 1.69.